The molecule has 3 rings (SSSR count). The molecule has 24 heavy (non-hydrogen) atoms. The zero-order valence-electron chi connectivity index (χ0n) is 13.4. The molecule has 3 aromatic rings. The molecule has 0 aliphatic heterocycles. The van der Waals surface area contributed by atoms with E-state index in [1.807, 2.05) is 12.1 Å². The van der Waals surface area contributed by atoms with Gasteiger partial charge in [0.15, 0.2) is 0 Å². The van der Waals surface area contributed by atoms with E-state index < -0.39 is 0 Å². The van der Waals surface area contributed by atoms with Crippen LogP contribution in [0, 0.1) is 0 Å². The van der Waals surface area contributed by atoms with Crippen molar-refractivity contribution in [1.29, 1.82) is 0 Å². The van der Waals surface area contributed by atoms with E-state index >= 15 is 0 Å². The molecule has 0 unspecified atom stereocenters. The number of aromatic nitrogens is 2. The number of oxazole rings is 1. The molecule has 0 radical (unpaired) electrons. The van der Waals surface area contributed by atoms with E-state index in [2.05, 4.69) is 34.6 Å². The average molecular weight is 326 g/mol. The third-order valence-corrected chi connectivity index (χ3v) is 3.40. The molecule has 2 aromatic heterocycles. The summed E-state index contributed by atoms with van der Waals surface area (Å²) in [7, 11) is 0. The average Bonchev–Trinajstić information content (AvgIpc) is 3.25. The van der Waals surface area contributed by atoms with Gasteiger partial charge in [0.05, 0.1) is 12.7 Å². The van der Waals surface area contributed by atoms with Gasteiger partial charge in [-0.05, 0) is 24.3 Å². The highest BCUT2D eigenvalue weighted by molar-refractivity contribution is 5.89. The first-order valence-corrected chi connectivity index (χ1v) is 7.62. The lowest BCUT2D eigenvalue weighted by molar-refractivity contribution is 0.251. The number of amides is 2. The molecule has 1 aromatic carbocycles. The first-order chi connectivity index (χ1) is 11.6. The Labute approximate surface area is 139 Å². The standard InChI is InChI=1S/C17H18N4O3/c1-11(2)15-10-18-16(24-15)12-3-5-13(6-4-12)20-17(22)19-9-14-7-8-23-21-14/h3-8,10-11H,9H2,1-2H3,(H2,19,20,22). The van der Waals surface area contributed by atoms with Crippen molar-refractivity contribution in [1.82, 2.24) is 15.5 Å². The highest BCUT2D eigenvalue weighted by Crippen LogP contribution is 2.24. The van der Waals surface area contributed by atoms with Gasteiger partial charge in [-0.25, -0.2) is 9.78 Å². The largest absolute Gasteiger partial charge is 0.441 e. The number of benzene rings is 1. The molecular weight excluding hydrogens is 308 g/mol. The summed E-state index contributed by atoms with van der Waals surface area (Å²) in [6.45, 7) is 4.40. The lowest BCUT2D eigenvalue weighted by Crippen LogP contribution is -2.28. The lowest BCUT2D eigenvalue weighted by atomic mass is 10.2. The number of nitrogens with one attached hydrogen (secondary N) is 2. The number of carbonyl (C=O) groups excluding carboxylic acids is 1. The van der Waals surface area contributed by atoms with Gasteiger partial charge in [-0.2, -0.15) is 0 Å². The number of anilines is 1. The maximum Gasteiger partial charge on any atom is 0.319 e. The van der Waals surface area contributed by atoms with Gasteiger partial charge in [0.1, 0.15) is 17.7 Å². The topological polar surface area (TPSA) is 93.2 Å². The van der Waals surface area contributed by atoms with E-state index in [-0.39, 0.29) is 6.03 Å². The molecular formula is C17H18N4O3. The van der Waals surface area contributed by atoms with Crippen LogP contribution in [0.5, 0.6) is 0 Å². The first kappa shape index (κ1) is 15.8. The Morgan fingerprint density at radius 2 is 2.00 bits per heavy atom. The SMILES string of the molecule is CC(C)c1cnc(-c2ccc(NC(=O)NCc3ccon3)cc2)o1. The number of rotatable bonds is 5. The third-order valence-electron chi connectivity index (χ3n) is 3.40. The molecule has 7 nitrogen and oxygen atoms in total. The molecule has 0 saturated carbocycles. The van der Waals surface area contributed by atoms with E-state index in [4.69, 9.17) is 8.94 Å². The molecule has 0 bridgehead atoms. The number of urea groups is 1. The van der Waals surface area contributed by atoms with E-state index in [0.29, 0.717) is 29.7 Å². The van der Waals surface area contributed by atoms with Gasteiger partial charge in [0.2, 0.25) is 5.89 Å². The number of nitrogens with zero attached hydrogens (tertiary/aromatic N) is 2. The smallest absolute Gasteiger partial charge is 0.319 e. The fourth-order valence-corrected chi connectivity index (χ4v) is 2.06. The Morgan fingerprint density at radius 3 is 2.62 bits per heavy atom. The van der Waals surface area contributed by atoms with Crippen LogP contribution in [0.1, 0.15) is 31.2 Å². The summed E-state index contributed by atoms with van der Waals surface area (Å²) >= 11 is 0. The lowest BCUT2D eigenvalue weighted by Gasteiger charge is -2.06. The van der Waals surface area contributed by atoms with Crippen LogP contribution in [0.2, 0.25) is 0 Å². The maximum absolute atomic E-state index is 11.8. The van der Waals surface area contributed by atoms with Gasteiger partial charge in [-0.15, -0.1) is 0 Å². The van der Waals surface area contributed by atoms with E-state index in [1.54, 1.807) is 24.4 Å². The minimum Gasteiger partial charge on any atom is -0.441 e. The highest BCUT2D eigenvalue weighted by Gasteiger charge is 2.10. The predicted octanol–water partition coefficient (Wildman–Crippen LogP) is 3.77. The Kier molecular flexibility index (Phi) is 4.60. The van der Waals surface area contributed by atoms with Gasteiger partial charge < -0.3 is 19.6 Å². The first-order valence-electron chi connectivity index (χ1n) is 7.62. The number of carbonyl (C=O) groups is 1. The molecule has 7 heteroatoms. The molecule has 0 aliphatic rings. The molecule has 0 atom stereocenters. The second kappa shape index (κ2) is 6.99. The van der Waals surface area contributed by atoms with Crippen LogP contribution in [0.25, 0.3) is 11.5 Å². The van der Waals surface area contributed by atoms with E-state index in [1.165, 1.54) is 6.26 Å². The minimum atomic E-state index is -0.316. The Morgan fingerprint density at radius 1 is 1.21 bits per heavy atom. The summed E-state index contributed by atoms with van der Waals surface area (Å²) < 4.78 is 10.4. The summed E-state index contributed by atoms with van der Waals surface area (Å²) in [5, 5.41) is 9.16. The van der Waals surface area contributed by atoms with Gasteiger partial charge in [0.25, 0.3) is 0 Å². The summed E-state index contributed by atoms with van der Waals surface area (Å²) in [6.07, 6.45) is 3.20. The van der Waals surface area contributed by atoms with Crippen LogP contribution in [-0.4, -0.2) is 16.2 Å². The van der Waals surface area contributed by atoms with Gasteiger partial charge in [0, 0.05) is 23.2 Å². The van der Waals surface area contributed by atoms with Crippen LogP contribution in [-0.2, 0) is 6.54 Å². The van der Waals surface area contributed by atoms with E-state index in [0.717, 1.165) is 11.3 Å². The Bertz CT molecular complexity index is 792. The zero-order valence-corrected chi connectivity index (χ0v) is 13.4. The molecule has 0 saturated heterocycles. The van der Waals surface area contributed by atoms with Crippen LogP contribution in [0.15, 0.2) is 51.7 Å². The van der Waals surface area contributed by atoms with Crippen molar-refractivity contribution in [2.24, 2.45) is 0 Å². The van der Waals surface area contributed by atoms with Crippen molar-refractivity contribution < 1.29 is 13.7 Å². The molecule has 2 heterocycles. The fraction of sp³-hybridized carbons (Fsp3) is 0.235. The van der Waals surface area contributed by atoms with Crippen molar-refractivity contribution in [2.45, 2.75) is 26.3 Å². The number of hydrogen-bond acceptors (Lipinski definition) is 5. The minimum absolute atomic E-state index is 0.292. The second-order valence-electron chi connectivity index (χ2n) is 5.60. The molecule has 0 aliphatic carbocycles. The van der Waals surface area contributed by atoms with Crippen molar-refractivity contribution in [3.8, 4) is 11.5 Å². The van der Waals surface area contributed by atoms with Crippen molar-refractivity contribution in [3.63, 3.8) is 0 Å². The summed E-state index contributed by atoms with van der Waals surface area (Å²) in [6, 6.07) is 8.67. The molecule has 2 N–H and O–H groups in total. The van der Waals surface area contributed by atoms with Gasteiger partial charge >= 0.3 is 6.03 Å². The predicted molar refractivity (Wildman–Crippen MR) is 88.4 cm³/mol. The highest BCUT2D eigenvalue weighted by atomic mass is 16.5. The number of hydrogen-bond donors (Lipinski definition) is 2. The van der Waals surface area contributed by atoms with Crippen molar-refractivity contribution in [3.05, 3.63) is 54.2 Å². The van der Waals surface area contributed by atoms with Crippen molar-refractivity contribution in [2.75, 3.05) is 5.32 Å². The monoisotopic (exact) mass is 326 g/mol. The zero-order chi connectivity index (χ0) is 16.9. The molecule has 0 fully saturated rings. The van der Waals surface area contributed by atoms with Crippen molar-refractivity contribution >= 4 is 11.7 Å². The molecule has 0 spiro atoms. The Hall–Kier alpha value is -3.09. The van der Waals surface area contributed by atoms with Crippen LogP contribution >= 0.6 is 0 Å². The summed E-state index contributed by atoms with van der Waals surface area (Å²) in [4.78, 5) is 16.1. The maximum atomic E-state index is 11.8. The quantitative estimate of drug-likeness (QED) is 0.744. The fourth-order valence-electron chi connectivity index (χ4n) is 2.06. The van der Waals surface area contributed by atoms with Crippen LogP contribution < -0.4 is 10.6 Å². The molecule has 124 valence electrons. The summed E-state index contributed by atoms with van der Waals surface area (Å²) in [5.74, 6) is 1.71. The van der Waals surface area contributed by atoms with Crippen LogP contribution in [0.4, 0.5) is 10.5 Å². The van der Waals surface area contributed by atoms with Gasteiger partial charge in [-0.1, -0.05) is 19.0 Å². The Balaban J connectivity index is 1.58. The molecule has 2 amide bonds. The van der Waals surface area contributed by atoms with Gasteiger partial charge in [-0.3, -0.25) is 0 Å². The summed E-state index contributed by atoms with van der Waals surface area (Å²) in [5.41, 5.74) is 2.19. The normalized spacial score (nSPS) is 10.8. The van der Waals surface area contributed by atoms with E-state index in [9.17, 15) is 4.79 Å². The van der Waals surface area contributed by atoms with Crippen LogP contribution in [0.3, 0.4) is 0 Å². The second-order valence-corrected chi connectivity index (χ2v) is 5.60. The third kappa shape index (κ3) is 3.81.